The monoisotopic (exact) mass is 239 g/mol. The standard InChI is InChI=1S/C12H14FNO3/c1-12(8-15)7-14(11(16)17-12)6-9-4-2-3-5-10(9)13/h2-5,15H,6-8H2,1H3. The second kappa shape index (κ2) is 4.33. The van der Waals surface area contributed by atoms with Crippen LogP contribution in [0.1, 0.15) is 12.5 Å². The molecule has 1 aromatic rings. The quantitative estimate of drug-likeness (QED) is 0.870. The number of aliphatic hydroxyl groups excluding tert-OH is 1. The number of carbonyl (C=O) groups excluding carboxylic acids is 1. The summed E-state index contributed by atoms with van der Waals surface area (Å²) in [5.74, 6) is -0.349. The summed E-state index contributed by atoms with van der Waals surface area (Å²) in [5, 5.41) is 9.10. The van der Waals surface area contributed by atoms with Gasteiger partial charge in [-0.15, -0.1) is 0 Å². The molecule has 1 saturated heterocycles. The zero-order valence-corrected chi connectivity index (χ0v) is 9.52. The number of hydrogen-bond donors (Lipinski definition) is 1. The summed E-state index contributed by atoms with van der Waals surface area (Å²) in [5.41, 5.74) is -0.450. The number of aliphatic hydroxyl groups is 1. The normalized spacial score (nSPS) is 23.9. The number of hydrogen-bond acceptors (Lipinski definition) is 3. The van der Waals surface area contributed by atoms with E-state index in [0.717, 1.165) is 0 Å². The molecule has 1 N–H and O–H groups in total. The molecule has 17 heavy (non-hydrogen) atoms. The summed E-state index contributed by atoms with van der Waals surface area (Å²) >= 11 is 0. The third kappa shape index (κ3) is 2.39. The molecule has 1 fully saturated rings. The molecule has 0 bridgehead atoms. The van der Waals surface area contributed by atoms with Crippen molar-refractivity contribution in [2.75, 3.05) is 13.2 Å². The van der Waals surface area contributed by atoms with Crippen LogP contribution in [0.4, 0.5) is 9.18 Å². The summed E-state index contributed by atoms with van der Waals surface area (Å²) in [6.45, 7) is 1.82. The third-order valence-corrected chi connectivity index (χ3v) is 2.77. The van der Waals surface area contributed by atoms with Crippen LogP contribution in [0.5, 0.6) is 0 Å². The van der Waals surface area contributed by atoms with Gasteiger partial charge in [-0.3, -0.25) is 4.90 Å². The average Bonchev–Trinajstić information content (AvgIpc) is 2.58. The van der Waals surface area contributed by atoms with Gasteiger partial charge in [-0.25, -0.2) is 9.18 Å². The van der Waals surface area contributed by atoms with E-state index in [4.69, 9.17) is 9.84 Å². The Bertz CT molecular complexity index is 438. The molecule has 0 saturated carbocycles. The van der Waals surface area contributed by atoms with Gasteiger partial charge in [0, 0.05) is 5.56 Å². The van der Waals surface area contributed by atoms with Gasteiger partial charge < -0.3 is 9.84 Å². The number of benzene rings is 1. The van der Waals surface area contributed by atoms with Gasteiger partial charge in [0.2, 0.25) is 0 Å². The fourth-order valence-corrected chi connectivity index (χ4v) is 1.81. The van der Waals surface area contributed by atoms with Gasteiger partial charge in [-0.2, -0.15) is 0 Å². The highest BCUT2D eigenvalue weighted by Gasteiger charge is 2.40. The molecule has 5 heteroatoms. The van der Waals surface area contributed by atoms with Crippen LogP contribution in [0.25, 0.3) is 0 Å². The molecule has 0 radical (unpaired) electrons. The highest BCUT2D eigenvalue weighted by atomic mass is 19.1. The van der Waals surface area contributed by atoms with Crippen LogP contribution in [0.15, 0.2) is 24.3 Å². The third-order valence-electron chi connectivity index (χ3n) is 2.77. The Morgan fingerprint density at radius 1 is 1.53 bits per heavy atom. The van der Waals surface area contributed by atoms with Gasteiger partial charge >= 0.3 is 6.09 Å². The molecule has 1 aliphatic heterocycles. The summed E-state index contributed by atoms with van der Waals surface area (Å²) in [6, 6.07) is 6.28. The SMILES string of the molecule is CC1(CO)CN(Cc2ccccc2F)C(=O)O1. The van der Waals surface area contributed by atoms with Crippen molar-refractivity contribution in [2.24, 2.45) is 0 Å². The van der Waals surface area contributed by atoms with Crippen molar-refractivity contribution in [2.45, 2.75) is 19.1 Å². The number of cyclic esters (lactones) is 1. The molecule has 0 aliphatic carbocycles. The first-order valence-electron chi connectivity index (χ1n) is 5.36. The average molecular weight is 239 g/mol. The molecule has 2 rings (SSSR count). The van der Waals surface area contributed by atoms with Crippen LogP contribution in [-0.4, -0.2) is 34.9 Å². The molecule has 0 spiro atoms. The van der Waals surface area contributed by atoms with Gasteiger partial charge in [-0.1, -0.05) is 18.2 Å². The number of halogens is 1. The van der Waals surface area contributed by atoms with E-state index in [1.165, 1.54) is 11.0 Å². The van der Waals surface area contributed by atoms with Gasteiger partial charge in [0.25, 0.3) is 0 Å². The van der Waals surface area contributed by atoms with E-state index in [9.17, 15) is 9.18 Å². The molecule has 1 atom stereocenters. The zero-order valence-electron chi connectivity index (χ0n) is 9.52. The van der Waals surface area contributed by atoms with E-state index < -0.39 is 11.7 Å². The van der Waals surface area contributed by atoms with Crippen LogP contribution in [-0.2, 0) is 11.3 Å². The highest BCUT2D eigenvalue weighted by molar-refractivity contribution is 5.70. The van der Waals surface area contributed by atoms with E-state index in [-0.39, 0.29) is 25.5 Å². The van der Waals surface area contributed by atoms with Crippen LogP contribution in [0.3, 0.4) is 0 Å². The molecule has 1 unspecified atom stereocenters. The molecule has 0 aromatic heterocycles. The topological polar surface area (TPSA) is 49.8 Å². The van der Waals surface area contributed by atoms with Gasteiger partial charge in [0.1, 0.15) is 5.82 Å². The van der Waals surface area contributed by atoms with E-state index in [1.807, 2.05) is 0 Å². The lowest BCUT2D eigenvalue weighted by molar-refractivity contribution is 0.0219. The van der Waals surface area contributed by atoms with E-state index in [2.05, 4.69) is 0 Å². The summed E-state index contributed by atoms with van der Waals surface area (Å²) in [7, 11) is 0. The largest absolute Gasteiger partial charge is 0.439 e. The number of nitrogens with zero attached hydrogens (tertiary/aromatic N) is 1. The first-order valence-corrected chi connectivity index (χ1v) is 5.36. The Kier molecular flexibility index (Phi) is 3.02. The number of ether oxygens (including phenoxy) is 1. The van der Waals surface area contributed by atoms with Crippen LogP contribution in [0.2, 0.25) is 0 Å². The van der Waals surface area contributed by atoms with Crippen LogP contribution >= 0.6 is 0 Å². The Balaban J connectivity index is 2.11. The number of rotatable bonds is 3. The van der Waals surface area contributed by atoms with Crippen molar-refractivity contribution in [1.29, 1.82) is 0 Å². The van der Waals surface area contributed by atoms with Gasteiger partial charge in [0.05, 0.1) is 19.7 Å². The summed E-state index contributed by atoms with van der Waals surface area (Å²) in [6.07, 6.45) is -0.523. The molecular formula is C12H14FNO3. The summed E-state index contributed by atoms with van der Waals surface area (Å²) < 4.78 is 18.5. The molecule has 1 aliphatic rings. The summed E-state index contributed by atoms with van der Waals surface area (Å²) in [4.78, 5) is 12.9. The Morgan fingerprint density at radius 3 is 2.82 bits per heavy atom. The van der Waals surface area contributed by atoms with Crippen molar-refractivity contribution in [1.82, 2.24) is 4.90 Å². The molecule has 92 valence electrons. The first kappa shape index (κ1) is 11.9. The van der Waals surface area contributed by atoms with E-state index >= 15 is 0 Å². The highest BCUT2D eigenvalue weighted by Crippen LogP contribution is 2.24. The Labute approximate surface area is 98.6 Å². The maximum atomic E-state index is 13.4. The zero-order chi connectivity index (χ0) is 12.5. The number of amides is 1. The molecule has 4 nitrogen and oxygen atoms in total. The fraction of sp³-hybridized carbons (Fsp3) is 0.417. The maximum Gasteiger partial charge on any atom is 0.410 e. The maximum absolute atomic E-state index is 13.4. The van der Waals surface area contributed by atoms with Crippen LogP contribution < -0.4 is 0 Å². The van der Waals surface area contributed by atoms with Crippen molar-refractivity contribution >= 4 is 6.09 Å². The predicted molar refractivity (Wildman–Crippen MR) is 58.8 cm³/mol. The minimum Gasteiger partial charge on any atom is -0.439 e. The predicted octanol–water partition coefficient (Wildman–Crippen LogP) is 1.53. The molecule has 1 heterocycles. The van der Waals surface area contributed by atoms with Gasteiger partial charge in [-0.05, 0) is 13.0 Å². The van der Waals surface area contributed by atoms with Gasteiger partial charge in [0.15, 0.2) is 5.60 Å². The smallest absolute Gasteiger partial charge is 0.410 e. The van der Waals surface area contributed by atoms with Crippen molar-refractivity contribution < 1.29 is 19.0 Å². The lowest BCUT2D eigenvalue weighted by Crippen LogP contribution is -2.34. The Hall–Kier alpha value is -1.62. The Morgan fingerprint density at radius 2 is 2.24 bits per heavy atom. The first-order chi connectivity index (χ1) is 8.04. The van der Waals surface area contributed by atoms with Crippen molar-refractivity contribution in [3.05, 3.63) is 35.6 Å². The minimum absolute atomic E-state index is 0.154. The fourth-order valence-electron chi connectivity index (χ4n) is 1.81. The van der Waals surface area contributed by atoms with Crippen LogP contribution in [0, 0.1) is 5.82 Å². The van der Waals surface area contributed by atoms with Crippen molar-refractivity contribution in [3.63, 3.8) is 0 Å². The molecule has 1 amide bonds. The lowest BCUT2D eigenvalue weighted by atomic mass is 10.1. The lowest BCUT2D eigenvalue weighted by Gasteiger charge is -2.18. The number of carbonyl (C=O) groups is 1. The van der Waals surface area contributed by atoms with E-state index in [0.29, 0.717) is 5.56 Å². The minimum atomic E-state index is -0.887. The molecular weight excluding hydrogens is 225 g/mol. The second-order valence-electron chi connectivity index (χ2n) is 4.42. The van der Waals surface area contributed by atoms with Crippen molar-refractivity contribution in [3.8, 4) is 0 Å². The molecule has 1 aromatic carbocycles. The van der Waals surface area contributed by atoms with E-state index in [1.54, 1.807) is 25.1 Å². The second-order valence-corrected chi connectivity index (χ2v) is 4.42.